The van der Waals surface area contributed by atoms with Gasteiger partial charge in [-0.2, -0.15) is 4.98 Å². The molecule has 20 heteroatoms. The summed E-state index contributed by atoms with van der Waals surface area (Å²) in [4.78, 5) is 48.7. The number of aromatic nitrogens is 4. The maximum atomic E-state index is 12.9. The lowest BCUT2D eigenvalue weighted by Gasteiger charge is -2.14. The molecular formula is C30H21Cl3N6O10S. The van der Waals surface area contributed by atoms with Crippen LogP contribution in [0.1, 0.15) is 21.0 Å². The summed E-state index contributed by atoms with van der Waals surface area (Å²) in [7, 11) is -3.06. The number of ether oxygens (including phenoxy) is 3. The molecule has 1 aliphatic heterocycles. The van der Waals surface area contributed by atoms with Gasteiger partial charge in [-0.3, -0.25) is 9.52 Å². The van der Waals surface area contributed by atoms with E-state index < -0.39 is 43.9 Å². The van der Waals surface area contributed by atoms with Gasteiger partial charge in [0.1, 0.15) is 10.7 Å². The van der Waals surface area contributed by atoms with Crippen LogP contribution in [0.15, 0.2) is 70.4 Å². The minimum atomic E-state index is -4.32. The second-order valence-corrected chi connectivity index (χ2v) is 12.7. The maximum Gasteiger partial charge on any atom is 0.360 e. The van der Waals surface area contributed by atoms with Crippen LogP contribution < -0.4 is 25.5 Å². The first-order valence-corrected chi connectivity index (χ1v) is 16.3. The number of nitrogens with one attached hydrogen (secondary N) is 2. The van der Waals surface area contributed by atoms with E-state index in [1.807, 2.05) is 0 Å². The van der Waals surface area contributed by atoms with Gasteiger partial charge in [0.2, 0.25) is 18.3 Å². The van der Waals surface area contributed by atoms with Crippen molar-refractivity contribution in [2.45, 2.75) is 4.90 Å². The zero-order chi connectivity index (χ0) is 36.3. The second kappa shape index (κ2) is 14.5. The number of para-hydroxylation sites is 2. The van der Waals surface area contributed by atoms with E-state index in [2.05, 4.69) is 29.4 Å². The van der Waals surface area contributed by atoms with Crippen LogP contribution in [0.3, 0.4) is 0 Å². The monoisotopic (exact) mass is 762 g/mol. The highest BCUT2D eigenvalue weighted by Gasteiger charge is 2.29. The molecule has 258 valence electrons. The van der Waals surface area contributed by atoms with Crippen LogP contribution in [0.2, 0.25) is 15.1 Å². The minimum absolute atomic E-state index is 0.0122. The Bertz CT molecular complexity index is 2320. The van der Waals surface area contributed by atoms with Crippen molar-refractivity contribution in [3.05, 3.63) is 97.5 Å². The van der Waals surface area contributed by atoms with Crippen LogP contribution in [0.25, 0.3) is 22.8 Å². The molecule has 0 bridgehead atoms. The van der Waals surface area contributed by atoms with Crippen molar-refractivity contribution in [3.8, 4) is 40.2 Å². The Labute approximate surface area is 296 Å². The van der Waals surface area contributed by atoms with Gasteiger partial charge in [-0.15, -0.1) is 0 Å². The molecule has 0 radical (unpaired) electrons. The van der Waals surface area contributed by atoms with Crippen molar-refractivity contribution in [2.75, 3.05) is 24.4 Å². The molecule has 2 aromatic heterocycles. The Morgan fingerprint density at radius 2 is 1.60 bits per heavy atom. The van der Waals surface area contributed by atoms with E-state index in [4.69, 9.17) is 55.1 Å². The lowest BCUT2D eigenvalue weighted by atomic mass is 10.1. The number of benzene rings is 3. The number of hydrogen-bond acceptors (Lipinski definition) is 13. The van der Waals surface area contributed by atoms with E-state index >= 15 is 0 Å². The summed E-state index contributed by atoms with van der Waals surface area (Å²) >= 11 is 17.8. The third-order valence-electron chi connectivity index (χ3n) is 6.57. The number of rotatable bonds is 7. The lowest BCUT2D eigenvalue weighted by molar-refractivity contribution is 0.0588. The number of carboxylic acids is 1. The number of hydrogen-bond donors (Lipinski definition) is 5. The first-order valence-electron chi connectivity index (χ1n) is 13.7. The van der Waals surface area contributed by atoms with E-state index in [-0.39, 0.29) is 62.1 Å². The third-order valence-corrected chi connectivity index (χ3v) is 9.07. The number of nitrogens with two attached hydrogens (primary N) is 1. The van der Waals surface area contributed by atoms with Crippen molar-refractivity contribution in [1.29, 1.82) is 0 Å². The molecule has 0 aliphatic carbocycles. The van der Waals surface area contributed by atoms with Crippen LogP contribution >= 0.6 is 34.8 Å². The van der Waals surface area contributed by atoms with Gasteiger partial charge in [0.25, 0.3) is 21.5 Å². The maximum absolute atomic E-state index is 12.9. The van der Waals surface area contributed by atoms with Crippen LogP contribution in [-0.4, -0.2) is 64.4 Å². The molecule has 0 fully saturated rings. The Morgan fingerprint density at radius 3 is 2.24 bits per heavy atom. The lowest BCUT2D eigenvalue weighted by Crippen LogP contribution is -2.17. The molecule has 0 atom stereocenters. The van der Waals surface area contributed by atoms with Gasteiger partial charge >= 0.3 is 11.9 Å². The van der Waals surface area contributed by atoms with E-state index in [1.165, 1.54) is 43.5 Å². The van der Waals surface area contributed by atoms with E-state index in [0.29, 0.717) is 11.3 Å². The SMILES string of the molecule is COC(=O)c1nc(-c2ccccc2N)nc2c1OCO2.O=C(O)c1nc(-c2ccccc2NS(=O)(=O)c2c(Cl)cc(Cl)cc2Cl)[nH]c(=O)c1O. The fraction of sp³-hybridized carbons (Fsp3) is 0.0667. The summed E-state index contributed by atoms with van der Waals surface area (Å²) in [5, 5.41) is 18.4. The molecule has 16 nitrogen and oxygen atoms in total. The number of sulfonamides is 1. The molecule has 6 rings (SSSR count). The highest BCUT2D eigenvalue weighted by Crippen LogP contribution is 2.37. The van der Waals surface area contributed by atoms with Gasteiger partial charge < -0.3 is 35.1 Å². The molecule has 0 saturated heterocycles. The first kappa shape index (κ1) is 35.7. The summed E-state index contributed by atoms with van der Waals surface area (Å²) in [5.41, 5.74) is 4.98. The largest absolute Gasteiger partial charge is 0.501 e. The predicted molar refractivity (Wildman–Crippen MR) is 181 cm³/mol. The highest BCUT2D eigenvalue weighted by atomic mass is 35.5. The fourth-order valence-corrected chi connectivity index (χ4v) is 6.99. The number of aromatic amines is 1. The van der Waals surface area contributed by atoms with E-state index in [1.54, 1.807) is 24.3 Å². The topological polar surface area (TPSA) is 246 Å². The molecule has 3 heterocycles. The number of H-pyrrole nitrogens is 1. The molecule has 1 aliphatic rings. The molecule has 6 N–H and O–H groups in total. The van der Waals surface area contributed by atoms with Gasteiger partial charge in [0.05, 0.1) is 22.8 Å². The van der Waals surface area contributed by atoms with Crippen molar-refractivity contribution >= 4 is 68.1 Å². The molecule has 3 aromatic carbocycles. The number of nitrogens with zero attached hydrogens (tertiary/aromatic N) is 3. The van der Waals surface area contributed by atoms with Crippen molar-refractivity contribution < 1.29 is 42.4 Å². The summed E-state index contributed by atoms with van der Waals surface area (Å²) in [5.74, 6) is -2.95. The third kappa shape index (κ3) is 7.35. The predicted octanol–water partition coefficient (Wildman–Crippen LogP) is 4.84. The zero-order valence-corrected chi connectivity index (χ0v) is 28.2. The number of carboxylic acid groups (broad SMARTS) is 1. The smallest absolute Gasteiger partial charge is 0.360 e. The fourth-order valence-electron chi connectivity index (χ4n) is 4.36. The Kier molecular flexibility index (Phi) is 10.3. The normalized spacial score (nSPS) is 11.7. The second-order valence-electron chi connectivity index (χ2n) is 9.78. The van der Waals surface area contributed by atoms with Crippen LogP contribution in [-0.2, 0) is 14.8 Å². The van der Waals surface area contributed by atoms with E-state index in [0.717, 1.165) is 0 Å². The van der Waals surface area contributed by atoms with E-state index in [9.17, 15) is 27.9 Å². The molecular weight excluding hydrogens is 743 g/mol. The number of carbonyl (C=O) groups is 2. The average Bonchev–Trinajstić information content (AvgIpc) is 3.54. The van der Waals surface area contributed by atoms with Gasteiger partial charge in [0.15, 0.2) is 17.2 Å². The quantitative estimate of drug-likeness (QED) is 0.110. The van der Waals surface area contributed by atoms with Crippen molar-refractivity contribution in [2.24, 2.45) is 0 Å². The Morgan fingerprint density at radius 1 is 0.960 bits per heavy atom. The standard InChI is InChI=1S/C17H10Cl3N3O6S.C13H11N3O4/c18-7-5-9(19)14(10(20)6-7)30(28,29)23-11-4-2-1-3-8(11)15-21-12(17(26)27)13(24)16(25)22-15;1-18-13(17)9-10-12(20-6-19-10)16-11(15-9)7-4-2-3-5-8(7)14/h1-6,23-24H,(H,26,27)(H,21,22,25);2-5H,6,14H2,1H3. The molecule has 0 saturated carbocycles. The number of fused-ring (bicyclic) bond motifs is 1. The molecule has 0 amide bonds. The number of esters is 1. The van der Waals surface area contributed by atoms with Crippen molar-refractivity contribution in [1.82, 2.24) is 19.9 Å². The average molecular weight is 764 g/mol. The zero-order valence-electron chi connectivity index (χ0n) is 25.1. The Balaban J connectivity index is 0.000000210. The van der Waals surface area contributed by atoms with Gasteiger partial charge in [-0.05, 0) is 36.4 Å². The van der Waals surface area contributed by atoms with Gasteiger partial charge in [-0.25, -0.2) is 28.0 Å². The van der Waals surface area contributed by atoms with Crippen LogP contribution in [0, 0.1) is 0 Å². The number of halogens is 3. The number of anilines is 2. The van der Waals surface area contributed by atoms with Crippen LogP contribution in [0.4, 0.5) is 11.4 Å². The minimum Gasteiger partial charge on any atom is -0.501 e. The summed E-state index contributed by atoms with van der Waals surface area (Å²) in [6.45, 7) is -0.0122. The van der Waals surface area contributed by atoms with Gasteiger partial charge in [-0.1, -0.05) is 59.1 Å². The molecule has 50 heavy (non-hydrogen) atoms. The summed E-state index contributed by atoms with van der Waals surface area (Å²) in [6.07, 6.45) is 0. The summed E-state index contributed by atoms with van der Waals surface area (Å²) < 4.78 is 43.1. The number of carbonyl (C=O) groups excluding carboxylic acids is 1. The number of aromatic hydroxyl groups is 1. The number of nitrogen functional groups attached to an aromatic ring is 1. The first-order chi connectivity index (χ1) is 23.7. The van der Waals surface area contributed by atoms with Crippen molar-refractivity contribution in [3.63, 3.8) is 0 Å². The number of methoxy groups -OCH3 is 1. The van der Waals surface area contributed by atoms with Gasteiger partial charge in [0, 0.05) is 21.8 Å². The molecule has 5 aromatic rings. The highest BCUT2D eigenvalue weighted by molar-refractivity contribution is 7.93. The molecule has 0 spiro atoms. The summed E-state index contributed by atoms with van der Waals surface area (Å²) in [6, 6.07) is 15.2. The van der Waals surface area contributed by atoms with Crippen LogP contribution in [0.5, 0.6) is 17.4 Å². The number of aromatic carboxylic acids is 1. The Hall–Kier alpha value is -5.62. The molecule has 0 unspecified atom stereocenters.